The number of carboxylic acids is 1. The van der Waals surface area contributed by atoms with Gasteiger partial charge in [-0.2, -0.15) is 0 Å². The van der Waals surface area contributed by atoms with Gasteiger partial charge in [-0.1, -0.05) is 0 Å². The Hall–Kier alpha value is -1.10. The van der Waals surface area contributed by atoms with Crippen LogP contribution in [0, 0.1) is 0 Å². The minimum atomic E-state index is -1.47. The van der Waals surface area contributed by atoms with Crippen molar-refractivity contribution in [3.63, 3.8) is 0 Å². The lowest BCUT2D eigenvalue weighted by atomic mass is 10.6. The first-order chi connectivity index (χ1) is 5.18. The third-order valence-corrected chi connectivity index (χ3v) is 0.930. The Morgan fingerprint density at radius 2 is 2.18 bits per heavy atom. The number of carbonyl (C=O) groups is 2. The molecule has 0 fully saturated rings. The molecule has 64 valence electrons. The van der Waals surface area contributed by atoms with E-state index in [1.807, 2.05) is 6.92 Å². The number of ether oxygens (including phenoxy) is 1. The van der Waals surface area contributed by atoms with E-state index >= 15 is 0 Å². The largest absolute Gasteiger partial charge is 0.474 e. The monoisotopic (exact) mass is 161 g/mol. The zero-order chi connectivity index (χ0) is 8.69. The lowest BCUT2D eigenvalue weighted by molar-refractivity contribution is -0.150. The number of amides is 1. The first-order valence-corrected chi connectivity index (χ1v) is 3.27. The Bertz CT molecular complexity index is 146. The van der Waals surface area contributed by atoms with Crippen molar-refractivity contribution in [2.75, 3.05) is 19.8 Å². The van der Waals surface area contributed by atoms with E-state index in [-0.39, 0.29) is 6.54 Å². The number of rotatable bonds is 4. The van der Waals surface area contributed by atoms with Gasteiger partial charge in [-0.05, 0) is 6.92 Å². The van der Waals surface area contributed by atoms with E-state index in [0.29, 0.717) is 13.2 Å². The zero-order valence-electron chi connectivity index (χ0n) is 6.29. The fourth-order valence-corrected chi connectivity index (χ4v) is 0.457. The number of carboxylic acid groups (broad SMARTS) is 1. The summed E-state index contributed by atoms with van der Waals surface area (Å²) in [7, 11) is 0. The van der Waals surface area contributed by atoms with Gasteiger partial charge >= 0.3 is 11.9 Å². The zero-order valence-corrected chi connectivity index (χ0v) is 6.29. The molecule has 0 heterocycles. The molecule has 2 N–H and O–H groups in total. The third kappa shape index (κ3) is 5.35. The molecule has 0 saturated heterocycles. The van der Waals surface area contributed by atoms with Crippen LogP contribution in [0.1, 0.15) is 6.92 Å². The van der Waals surface area contributed by atoms with E-state index in [1.165, 1.54) is 0 Å². The highest BCUT2D eigenvalue weighted by molar-refractivity contribution is 6.31. The Morgan fingerprint density at radius 3 is 2.64 bits per heavy atom. The van der Waals surface area contributed by atoms with Crippen molar-refractivity contribution in [2.45, 2.75) is 6.92 Å². The summed E-state index contributed by atoms with van der Waals surface area (Å²) in [5.41, 5.74) is 0. The lowest BCUT2D eigenvalue weighted by Crippen LogP contribution is -2.33. The molecular weight excluding hydrogens is 150 g/mol. The molecule has 0 aliphatic heterocycles. The molecule has 0 unspecified atom stereocenters. The van der Waals surface area contributed by atoms with E-state index in [2.05, 4.69) is 5.32 Å². The standard InChI is InChI=1S/C6H11NO4/c1-2-11-4-3-7-5(8)6(9)10/h2-4H2,1H3,(H,7,8)(H,9,10). The molecule has 5 heteroatoms. The van der Waals surface area contributed by atoms with E-state index in [1.54, 1.807) is 0 Å². The first-order valence-electron chi connectivity index (χ1n) is 3.27. The van der Waals surface area contributed by atoms with E-state index in [9.17, 15) is 9.59 Å². The second-order valence-electron chi connectivity index (χ2n) is 1.76. The fourth-order valence-electron chi connectivity index (χ4n) is 0.457. The summed E-state index contributed by atoms with van der Waals surface area (Å²) in [5.74, 6) is -2.47. The Morgan fingerprint density at radius 1 is 1.55 bits per heavy atom. The van der Waals surface area contributed by atoms with Gasteiger partial charge in [-0.25, -0.2) is 4.79 Å². The summed E-state index contributed by atoms with van der Waals surface area (Å²) in [4.78, 5) is 20.2. The van der Waals surface area contributed by atoms with Gasteiger partial charge in [0.2, 0.25) is 0 Å². The van der Waals surface area contributed by atoms with Gasteiger partial charge in [-0.15, -0.1) is 0 Å². The molecular formula is C6H11NO4. The average Bonchev–Trinajstić information content (AvgIpc) is 1.97. The molecule has 0 aliphatic carbocycles. The molecule has 0 aromatic heterocycles. The van der Waals surface area contributed by atoms with Crippen LogP contribution in [0.5, 0.6) is 0 Å². The lowest BCUT2D eigenvalue weighted by Gasteiger charge is -2.00. The van der Waals surface area contributed by atoms with Crippen molar-refractivity contribution in [1.82, 2.24) is 5.32 Å². The quantitative estimate of drug-likeness (QED) is 0.419. The first kappa shape index (κ1) is 9.90. The van der Waals surface area contributed by atoms with Crippen LogP contribution < -0.4 is 5.32 Å². The summed E-state index contributed by atoms with van der Waals surface area (Å²) >= 11 is 0. The third-order valence-electron chi connectivity index (χ3n) is 0.930. The molecule has 0 aromatic rings. The molecule has 11 heavy (non-hydrogen) atoms. The predicted molar refractivity (Wildman–Crippen MR) is 37.1 cm³/mol. The van der Waals surface area contributed by atoms with Crippen molar-refractivity contribution >= 4 is 11.9 Å². The summed E-state index contributed by atoms with van der Waals surface area (Å²) in [6.45, 7) is 2.95. The number of aliphatic carboxylic acids is 1. The minimum absolute atomic E-state index is 0.235. The highest BCUT2D eigenvalue weighted by atomic mass is 16.5. The van der Waals surface area contributed by atoms with Crippen LogP contribution in [0.3, 0.4) is 0 Å². The summed E-state index contributed by atoms with van der Waals surface area (Å²) in [6.07, 6.45) is 0. The van der Waals surface area contributed by atoms with E-state index < -0.39 is 11.9 Å². The van der Waals surface area contributed by atoms with Crippen molar-refractivity contribution in [2.24, 2.45) is 0 Å². The SMILES string of the molecule is CCOCCNC(=O)C(=O)O. The Balaban J connectivity index is 3.25. The van der Waals surface area contributed by atoms with Gasteiger partial charge < -0.3 is 15.2 Å². The Labute approximate surface area is 64.3 Å². The molecule has 0 spiro atoms. The highest BCUT2D eigenvalue weighted by Crippen LogP contribution is 1.71. The molecule has 0 radical (unpaired) electrons. The van der Waals surface area contributed by atoms with Gasteiger partial charge in [0.25, 0.3) is 0 Å². The minimum Gasteiger partial charge on any atom is -0.474 e. The van der Waals surface area contributed by atoms with Gasteiger partial charge in [0.05, 0.1) is 6.61 Å². The van der Waals surface area contributed by atoms with Gasteiger partial charge in [0.1, 0.15) is 0 Å². The van der Waals surface area contributed by atoms with Crippen LogP contribution in [0.15, 0.2) is 0 Å². The van der Waals surface area contributed by atoms with Crippen molar-refractivity contribution in [1.29, 1.82) is 0 Å². The Kier molecular flexibility index (Phi) is 5.10. The summed E-state index contributed by atoms with van der Waals surface area (Å²) in [6, 6.07) is 0. The molecule has 0 saturated carbocycles. The molecule has 0 atom stereocenters. The predicted octanol–water partition coefficient (Wildman–Crippen LogP) is -0.776. The summed E-state index contributed by atoms with van der Waals surface area (Å²) in [5, 5.41) is 10.2. The van der Waals surface area contributed by atoms with Crippen LogP contribution in [0.25, 0.3) is 0 Å². The second-order valence-corrected chi connectivity index (χ2v) is 1.76. The maximum Gasteiger partial charge on any atom is 0.394 e. The molecule has 5 nitrogen and oxygen atoms in total. The highest BCUT2D eigenvalue weighted by Gasteiger charge is 2.08. The number of carbonyl (C=O) groups excluding carboxylic acids is 1. The number of nitrogens with one attached hydrogen (secondary N) is 1. The van der Waals surface area contributed by atoms with Gasteiger partial charge in [-0.3, -0.25) is 4.79 Å². The van der Waals surface area contributed by atoms with Crippen LogP contribution in [-0.2, 0) is 14.3 Å². The van der Waals surface area contributed by atoms with Crippen molar-refractivity contribution in [3.05, 3.63) is 0 Å². The molecule has 1 amide bonds. The maximum absolute atomic E-state index is 10.3. The van der Waals surface area contributed by atoms with Crippen LogP contribution in [0.4, 0.5) is 0 Å². The average molecular weight is 161 g/mol. The molecule has 0 bridgehead atoms. The molecule has 0 aliphatic rings. The van der Waals surface area contributed by atoms with Crippen LogP contribution in [0.2, 0.25) is 0 Å². The number of hydrogen-bond acceptors (Lipinski definition) is 3. The molecule has 0 aromatic carbocycles. The van der Waals surface area contributed by atoms with E-state index in [4.69, 9.17) is 9.84 Å². The van der Waals surface area contributed by atoms with Crippen LogP contribution in [-0.4, -0.2) is 36.7 Å². The van der Waals surface area contributed by atoms with E-state index in [0.717, 1.165) is 0 Å². The second kappa shape index (κ2) is 5.67. The normalized spacial score (nSPS) is 9.18. The van der Waals surface area contributed by atoms with Crippen molar-refractivity contribution in [3.8, 4) is 0 Å². The fraction of sp³-hybridized carbons (Fsp3) is 0.667. The topological polar surface area (TPSA) is 75.6 Å². The maximum atomic E-state index is 10.3. The smallest absolute Gasteiger partial charge is 0.394 e. The van der Waals surface area contributed by atoms with Crippen molar-refractivity contribution < 1.29 is 19.4 Å². The number of hydrogen-bond donors (Lipinski definition) is 2. The van der Waals surface area contributed by atoms with Gasteiger partial charge in [0.15, 0.2) is 0 Å². The molecule has 0 rings (SSSR count). The van der Waals surface area contributed by atoms with Gasteiger partial charge in [0, 0.05) is 13.2 Å². The van der Waals surface area contributed by atoms with Crippen LogP contribution >= 0.6 is 0 Å². The summed E-state index contributed by atoms with van der Waals surface area (Å²) < 4.78 is 4.86.